The van der Waals surface area contributed by atoms with Crippen LogP contribution in [0.3, 0.4) is 0 Å². The smallest absolute Gasteiger partial charge is 0.354 e. The number of hydrogen-bond acceptors (Lipinski definition) is 6. The summed E-state index contributed by atoms with van der Waals surface area (Å²) in [5.74, 6) is -1.39. The molecule has 0 aliphatic rings. The fraction of sp³-hybridized carbons (Fsp3) is 0.100. The lowest BCUT2D eigenvalue weighted by molar-refractivity contribution is 0.0586. The summed E-state index contributed by atoms with van der Waals surface area (Å²) >= 11 is 0. The molecule has 28 heavy (non-hydrogen) atoms. The number of nitrogens with one attached hydrogen (secondary N) is 2. The van der Waals surface area contributed by atoms with Gasteiger partial charge in [0.2, 0.25) is 0 Å². The van der Waals surface area contributed by atoms with Crippen LogP contribution in [0.15, 0.2) is 46.0 Å². The second-order valence-corrected chi connectivity index (χ2v) is 6.15. The minimum atomic E-state index is -0.694. The minimum Gasteiger partial charge on any atom is -0.464 e. The second-order valence-electron chi connectivity index (χ2n) is 6.15. The van der Waals surface area contributed by atoms with E-state index >= 15 is 0 Å². The molecule has 140 valence electrons. The van der Waals surface area contributed by atoms with Gasteiger partial charge in [0.05, 0.1) is 25.3 Å². The molecule has 2 N–H and O–H groups in total. The van der Waals surface area contributed by atoms with Gasteiger partial charge in [0.25, 0.3) is 0 Å². The molecule has 0 radical (unpaired) electrons. The Morgan fingerprint density at radius 1 is 0.750 bits per heavy atom. The Hall–Kier alpha value is -3.94. The van der Waals surface area contributed by atoms with Gasteiger partial charge in [0.15, 0.2) is 10.9 Å². The number of aromatic nitrogens is 2. The van der Waals surface area contributed by atoms with Crippen molar-refractivity contribution in [2.75, 3.05) is 14.2 Å². The van der Waals surface area contributed by atoms with E-state index in [1.165, 1.54) is 14.2 Å². The Morgan fingerprint density at radius 3 is 1.57 bits per heavy atom. The minimum absolute atomic E-state index is 0.0176. The largest absolute Gasteiger partial charge is 0.464 e. The Bertz CT molecular complexity index is 1310. The van der Waals surface area contributed by atoms with Crippen LogP contribution in [0, 0.1) is 0 Å². The van der Waals surface area contributed by atoms with Gasteiger partial charge in [0.1, 0.15) is 11.4 Å². The zero-order valence-corrected chi connectivity index (χ0v) is 14.9. The van der Waals surface area contributed by atoms with E-state index in [9.17, 15) is 19.2 Å². The van der Waals surface area contributed by atoms with E-state index < -0.39 is 11.9 Å². The van der Waals surface area contributed by atoms with Crippen LogP contribution >= 0.6 is 0 Å². The standard InChI is InChI=1S/C20H14N2O6/c1-27-19(25)12-7-14(23)10-5-3-9-4-6-11-15(24)8-13(20(26)28-2)22-18(11)16(9)17(10)21-12/h3-8H,1-2H3,(H,21,23)(H,22,24). The van der Waals surface area contributed by atoms with Crippen molar-refractivity contribution in [3.05, 3.63) is 68.2 Å². The van der Waals surface area contributed by atoms with Gasteiger partial charge in [-0.25, -0.2) is 9.59 Å². The zero-order valence-electron chi connectivity index (χ0n) is 14.9. The molecule has 8 heteroatoms. The van der Waals surface area contributed by atoms with Crippen molar-refractivity contribution in [2.45, 2.75) is 0 Å². The van der Waals surface area contributed by atoms with Crippen LogP contribution in [0.4, 0.5) is 0 Å². The molecule has 2 heterocycles. The maximum absolute atomic E-state index is 12.5. The highest BCUT2D eigenvalue weighted by molar-refractivity contribution is 6.18. The monoisotopic (exact) mass is 378 g/mol. The van der Waals surface area contributed by atoms with Crippen molar-refractivity contribution in [3.8, 4) is 0 Å². The topological polar surface area (TPSA) is 118 Å². The van der Waals surface area contributed by atoms with Crippen molar-refractivity contribution in [1.29, 1.82) is 0 Å². The van der Waals surface area contributed by atoms with E-state index in [0.29, 0.717) is 32.6 Å². The first-order chi connectivity index (χ1) is 13.4. The number of benzene rings is 2. The average Bonchev–Trinajstić information content (AvgIpc) is 2.71. The molecule has 4 rings (SSSR count). The maximum Gasteiger partial charge on any atom is 0.354 e. The molecule has 0 aliphatic heterocycles. The number of esters is 2. The molecule has 2 aromatic heterocycles. The van der Waals surface area contributed by atoms with E-state index in [1.54, 1.807) is 24.3 Å². The van der Waals surface area contributed by atoms with Crippen LogP contribution in [0.25, 0.3) is 32.6 Å². The summed E-state index contributed by atoms with van der Waals surface area (Å²) < 4.78 is 9.39. The van der Waals surface area contributed by atoms with Crippen molar-refractivity contribution in [2.24, 2.45) is 0 Å². The first-order valence-corrected chi connectivity index (χ1v) is 8.27. The zero-order chi connectivity index (χ0) is 20.0. The number of H-pyrrole nitrogens is 2. The lowest BCUT2D eigenvalue weighted by atomic mass is 10.0. The quantitative estimate of drug-likeness (QED) is 0.407. The third-order valence-corrected chi connectivity index (χ3v) is 4.60. The van der Waals surface area contributed by atoms with Gasteiger partial charge in [-0.2, -0.15) is 0 Å². The van der Waals surface area contributed by atoms with Crippen molar-refractivity contribution in [3.63, 3.8) is 0 Å². The van der Waals surface area contributed by atoms with Crippen molar-refractivity contribution >= 4 is 44.5 Å². The van der Waals surface area contributed by atoms with Gasteiger partial charge in [0, 0.05) is 28.3 Å². The number of carbonyl (C=O) groups is 2. The highest BCUT2D eigenvalue weighted by atomic mass is 16.5. The second kappa shape index (κ2) is 6.34. The first kappa shape index (κ1) is 17.5. The molecule has 0 bridgehead atoms. The summed E-state index contributed by atoms with van der Waals surface area (Å²) in [6.45, 7) is 0. The Balaban J connectivity index is 2.25. The SMILES string of the molecule is COC(=O)c1cc(=O)c2ccc3ccc4c(=O)cc(C(=O)OC)[nH]c4c3c2[nH]1. The van der Waals surface area contributed by atoms with Crippen LogP contribution in [0.5, 0.6) is 0 Å². The summed E-state index contributed by atoms with van der Waals surface area (Å²) in [5.41, 5.74) is -0.0756. The molecule has 2 aromatic carbocycles. The fourth-order valence-electron chi connectivity index (χ4n) is 3.29. The van der Waals surface area contributed by atoms with Gasteiger partial charge in [-0.1, -0.05) is 12.1 Å². The van der Waals surface area contributed by atoms with Crippen LogP contribution in [0.2, 0.25) is 0 Å². The highest BCUT2D eigenvalue weighted by Gasteiger charge is 2.16. The third-order valence-electron chi connectivity index (χ3n) is 4.60. The fourth-order valence-corrected chi connectivity index (χ4v) is 3.29. The predicted octanol–water partition coefficient (Wildman–Crippen LogP) is 2.10. The number of pyridine rings is 2. The Labute approximate surface area is 156 Å². The molecule has 0 amide bonds. The molecular formula is C20H14N2O6. The van der Waals surface area contributed by atoms with Gasteiger partial charge in [-0.05, 0) is 17.5 Å². The van der Waals surface area contributed by atoms with Crippen LogP contribution in [-0.4, -0.2) is 36.1 Å². The van der Waals surface area contributed by atoms with Crippen LogP contribution < -0.4 is 10.9 Å². The maximum atomic E-state index is 12.5. The van der Waals surface area contributed by atoms with Crippen molar-refractivity contribution < 1.29 is 19.1 Å². The summed E-state index contributed by atoms with van der Waals surface area (Å²) in [5, 5.41) is 1.87. The summed E-state index contributed by atoms with van der Waals surface area (Å²) in [6.07, 6.45) is 0. The van der Waals surface area contributed by atoms with Crippen molar-refractivity contribution in [1.82, 2.24) is 9.97 Å². The molecular weight excluding hydrogens is 364 g/mol. The third kappa shape index (κ3) is 2.54. The van der Waals surface area contributed by atoms with Gasteiger partial charge in [-0.3, -0.25) is 9.59 Å². The van der Waals surface area contributed by atoms with E-state index in [-0.39, 0.29) is 22.2 Å². The molecule has 0 saturated heterocycles. The number of carbonyl (C=O) groups excluding carboxylic acids is 2. The van der Waals surface area contributed by atoms with E-state index in [0.717, 1.165) is 12.1 Å². The van der Waals surface area contributed by atoms with Gasteiger partial charge < -0.3 is 19.4 Å². The van der Waals surface area contributed by atoms with E-state index in [4.69, 9.17) is 9.47 Å². The lowest BCUT2D eigenvalue weighted by Gasteiger charge is -2.10. The van der Waals surface area contributed by atoms with Gasteiger partial charge in [-0.15, -0.1) is 0 Å². The number of methoxy groups -OCH3 is 2. The summed E-state index contributed by atoms with van der Waals surface area (Å²) in [6, 6.07) is 9.04. The molecule has 8 nitrogen and oxygen atoms in total. The molecule has 0 saturated carbocycles. The van der Waals surface area contributed by atoms with Crippen LogP contribution in [0.1, 0.15) is 21.0 Å². The summed E-state index contributed by atoms with van der Waals surface area (Å²) in [7, 11) is 2.42. The Kier molecular flexibility index (Phi) is 3.96. The Morgan fingerprint density at radius 2 is 1.18 bits per heavy atom. The van der Waals surface area contributed by atoms with E-state index in [1.807, 2.05) is 0 Å². The number of aromatic amines is 2. The lowest BCUT2D eigenvalue weighted by Crippen LogP contribution is -2.13. The van der Waals surface area contributed by atoms with Crippen LogP contribution in [-0.2, 0) is 9.47 Å². The molecule has 0 aliphatic carbocycles. The number of rotatable bonds is 2. The number of ether oxygens (including phenoxy) is 2. The van der Waals surface area contributed by atoms with Gasteiger partial charge >= 0.3 is 11.9 Å². The average molecular weight is 378 g/mol. The first-order valence-electron chi connectivity index (χ1n) is 8.27. The normalized spacial score (nSPS) is 11.1. The summed E-state index contributed by atoms with van der Waals surface area (Å²) in [4.78, 5) is 54.7. The molecule has 0 fully saturated rings. The molecule has 0 atom stereocenters. The predicted molar refractivity (Wildman–Crippen MR) is 103 cm³/mol. The molecule has 4 aromatic rings. The molecule has 0 unspecified atom stereocenters. The number of hydrogen-bond donors (Lipinski definition) is 2. The molecule has 0 spiro atoms. The highest BCUT2D eigenvalue weighted by Crippen LogP contribution is 2.28. The van der Waals surface area contributed by atoms with E-state index in [2.05, 4.69) is 9.97 Å². The number of fused-ring (bicyclic) bond motifs is 5.